The van der Waals surface area contributed by atoms with E-state index in [-0.39, 0.29) is 11.6 Å². The molecule has 0 unspecified atom stereocenters. The molecular formula is C20H24N2O2. The van der Waals surface area contributed by atoms with Crippen molar-refractivity contribution >= 4 is 29.3 Å². The van der Waals surface area contributed by atoms with Crippen molar-refractivity contribution < 1.29 is 4.79 Å². The lowest BCUT2D eigenvalue weighted by Crippen LogP contribution is -2.33. The van der Waals surface area contributed by atoms with Crippen LogP contribution in [-0.2, 0) is 0 Å². The summed E-state index contributed by atoms with van der Waals surface area (Å²) in [4.78, 5) is 29.1. The number of fused-ring (bicyclic) bond motifs is 1. The molecule has 1 aliphatic carbocycles. The molecule has 0 aliphatic heterocycles. The Hall–Kier alpha value is -2.23. The van der Waals surface area contributed by atoms with Crippen LogP contribution in [0.1, 0.15) is 68.8 Å². The Morgan fingerprint density at radius 3 is 2.33 bits per heavy atom. The van der Waals surface area contributed by atoms with Crippen LogP contribution in [0.2, 0.25) is 0 Å². The van der Waals surface area contributed by atoms with Gasteiger partial charge in [-0.25, -0.2) is 4.98 Å². The third-order valence-corrected chi connectivity index (χ3v) is 5.11. The maximum atomic E-state index is 13.1. The first-order valence-electron chi connectivity index (χ1n) is 8.83. The van der Waals surface area contributed by atoms with Gasteiger partial charge in [-0.2, -0.15) is 0 Å². The van der Waals surface area contributed by atoms with Crippen molar-refractivity contribution in [1.29, 1.82) is 0 Å². The molecule has 0 amide bonds. The molecule has 0 atom stereocenters. The topological polar surface area (TPSA) is 52.0 Å². The molecular weight excluding hydrogens is 300 g/mol. The van der Waals surface area contributed by atoms with Gasteiger partial charge in [0.05, 0.1) is 17.2 Å². The fraction of sp³-hybridized carbons (Fsp3) is 0.450. The predicted octanol–water partition coefficient (Wildman–Crippen LogP) is 2.71. The zero-order valence-corrected chi connectivity index (χ0v) is 14.4. The molecule has 2 aromatic rings. The van der Waals surface area contributed by atoms with Crippen LogP contribution in [0.3, 0.4) is 0 Å². The van der Waals surface area contributed by atoms with Crippen LogP contribution < -0.4 is 16.0 Å². The van der Waals surface area contributed by atoms with Crippen LogP contribution in [0.5, 0.6) is 0 Å². The van der Waals surface area contributed by atoms with Crippen molar-refractivity contribution in [2.75, 3.05) is 0 Å². The number of aromatic nitrogens is 2. The number of rotatable bonds is 2. The number of carbonyl (C=O) groups is 1. The molecule has 126 valence electrons. The van der Waals surface area contributed by atoms with Crippen molar-refractivity contribution in [3.05, 3.63) is 38.7 Å². The van der Waals surface area contributed by atoms with Gasteiger partial charge in [0.2, 0.25) is 0 Å². The summed E-state index contributed by atoms with van der Waals surface area (Å²) in [5.41, 5.74) is 1.21. The molecule has 1 aliphatic rings. The second kappa shape index (κ2) is 7.12. The number of hydrogen-bond donors (Lipinski definition) is 0. The quantitative estimate of drug-likeness (QED) is 0.630. The smallest absolute Gasteiger partial charge is 0.261 e. The third kappa shape index (κ3) is 2.81. The van der Waals surface area contributed by atoms with Crippen molar-refractivity contribution in [2.24, 2.45) is 0 Å². The van der Waals surface area contributed by atoms with Gasteiger partial charge in [-0.15, -0.1) is 0 Å². The molecule has 0 radical (unpaired) electrons. The minimum Gasteiger partial charge on any atom is -0.298 e. The largest absolute Gasteiger partial charge is 0.298 e. The molecule has 1 aromatic carbocycles. The van der Waals surface area contributed by atoms with Crippen molar-refractivity contribution in [2.45, 2.75) is 58.4 Å². The predicted molar refractivity (Wildman–Crippen MR) is 97.7 cm³/mol. The molecule has 4 nitrogen and oxygen atoms in total. The Morgan fingerprint density at radius 1 is 1.08 bits per heavy atom. The third-order valence-electron chi connectivity index (χ3n) is 5.11. The van der Waals surface area contributed by atoms with E-state index in [0.717, 1.165) is 42.4 Å². The van der Waals surface area contributed by atoms with E-state index in [0.29, 0.717) is 16.5 Å². The molecule has 0 spiro atoms. The van der Waals surface area contributed by atoms with Crippen LogP contribution in [-0.4, -0.2) is 15.8 Å². The minimum absolute atomic E-state index is 0.0271. The van der Waals surface area contributed by atoms with E-state index in [2.05, 4.69) is 4.98 Å². The molecule has 1 heterocycles. The molecule has 4 heteroatoms. The fourth-order valence-corrected chi connectivity index (χ4v) is 3.85. The lowest BCUT2D eigenvalue weighted by molar-refractivity contribution is 0.112. The van der Waals surface area contributed by atoms with Crippen LogP contribution >= 0.6 is 0 Å². The first kappa shape index (κ1) is 16.6. The van der Waals surface area contributed by atoms with Gasteiger partial charge in [0.15, 0.2) is 6.29 Å². The van der Waals surface area contributed by atoms with Gasteiger partial charge < -0.3 is 0 Å². The van der Waals surface area contributed by atoms with Crippen LogP contribution in [0.4, 0.5) is 0 Å². The number of carbonyl (C=O) groups excluding carboxylic acids is 1. The molecule has 24 heavy (non-hydrogen) atoms. The monoisotopic (exact) mass is 324 g/mol. The van der Waals surface area contributed by atoms with Crippen molar-refractivity contribution in [3.63, 3.8) is 0 Å². The van der Waals surface area contributed by atoms with E-state index in [1.807, 2.05) is 26.0 Å². The van der Waals surface area contributed by atoms with Gasteiger partial charge in [-0.05, 0) is 38.0 Å². The van der Waals surface area contributed by atoms with E-state index < -0.39 is 0 Å². The second-order valence-corrected chi connectivity index (χ2v) is 6.49. The SMILES string of the molecule is C/C=c1/c(C=O)cc2c(=O)n(C3CCCCCC3)cnc2/c1=C/C. The highest BCUT2D eigenvalue weighted by atomic mass is 16.1. The van der Waals surface area contributed by atoms with Crippen LogP contribution in [0.25, 0.3) is 23.1 Å². The van der Waals surface area contributed by atoms with Gasteiger partial charge >= 0.3 is 0 Å². The summed E-state index contributed by atoms with van der Waals surface area (Å²) in [5.74, 6) is 0. The Bertz CT molecular complexity index is 933. The summed E-state index contributed by atoms with van der Waals surface area (Å²) in [5, 5.41) is 2.25. The zero-order valence-electron chi connectivity index (χ0n) is 14.4. The molecule has 1 aromatic heterocycles. The van der Waals surface area contributed by atoms with E-state index in [1.54, 1.807) is 17.0 Å². The normalized spacial score (nSPS) is 18.1. The summed E-state index contributed by atoms with van der Waals surface area (Å²) >= 11 is 0. The number of hydrogen-bond acceptors (Lipinski definition) is 3. The summed E-state index contributed by atoms with van der Waals surface area (Å²) in [6.45, 7) is 3.81. The number of benzene rings is 1. The Balaban J connectivity index is 2.30. The number of aldehydes is 1. The van der Waals surface area contributed by atoms with E-state index in [9.17, 15) is 9.59 Å². The average molecular weight is 324 g/mol. The molecule has 1 fully saturated rings. The van der Waals surface area contributed by atoms with E-state index >= 15 is 0 Å². The second-order valence-electron chi connectivity index (χ2n) is 6.49. The van der Waals surface area contributed by atoms with Gasteiger partial charge in [0, 0.05) is 16.8 Å². The van der Waals surface area contributed by atoms with Gasteiger partial charge in [-0.3, -0.25) is 14.2 Å². The highest BCUT2D eigenvalue weighted by molar-refractivity contribution is 5.87. The minimum atomic E-state index is -0.0271. The molecule has 3 rings (SSSR count). The van der Waals surface area contributed by atoms with Crippen LogP contribution in [0, 0.1) is 0 Å². The van der Waals surface area contributed by atoms with Crippen LogP contribution in [0.15, 0.2) is 17.2 Å². The van der Waals surface area contributed by atoms with Crippen molar-refractivity contribution in [3.8, 4) is 0 Å². The highest BCUT2D eigenvalue weighted by Gasteiger charge is 2.17. The first-order chi connectivity index (χ1) is 11.7. The maximum Gasteiger partial charge on any atom is 0.261 e. The molecule has 0 N–H and O–H groups in total. The lowest BCUT2D eigenvalue weighted by Gasteiger charge is -2.17. The first-order valence-corrected chi connectivity index (χ1v) is 8.83. The highest BCUT2D eigenvalue weighted by Crippen LogP contribution is 2.25. The molecule has 0 saturated heterocycles. The Morgan fingerprint density at radius 2 is 1.75 bits per heavy atom. The molecule has 0 bridgehead atoms. The summed E-state index contributed by atoms with van der Waals surface area (Å²) in [6, 6.07) is 1.93. The Kier molecular flexibility index (Phi) is 4.93. The molecule has 1 saturated carbocycles. The fourth-order valence-electron chi connectivity index (χ4n) is 3.85. The van der Waals surface area contributed by atoms with Gasteiger partial charge in [-0.1, -0.05) is 37.8 Å². The average Bonchev–Trinajstić information content (AvgIpc) is 2.89. The Labute approximate surface area is 141 Å². The van der Waals surface area contributed by atoms with Crippen molar-refractivity contribution in [1.82, 2.24) is 9.55 Å². The van der Waals surface area contributed by atoms with E-state index in [1.165, 1.54) is 12.8 Å². The number of nitrogens with zero attached hydrogens (tertiary/aromatic N) is 2. The summed E-state index contributed by atoms with van der Waals surface area (Å²) in [6.07, 6.45) is 13.2. The standard InChI is InChI=1S/C20H24N2O2/c1-3-16-14(12-23)11-18-19(17(16)4-2)21-13-22(20(18)24)15-9-7-5-6-8-10-15/h3-4,11-13,15H,5-10H2,1-2H3/b16-3-,17-4+. The zero-order chi connectivity index (χ0) is 17.1. The van der Waals surface area contributed by atoms with Gasteiger partial charge in [0.25, 0.3) is 5.56 Å². The summed E-state index contributed by atoms with van der Waals surface area (Å²) in [7, 11) is 0. The lowest BCUT2D eigenvalue weighted by atomic mass is 10.0. The maximum absolute atomic E-state index is 13.1. The van der Waals surface area contributed by atoms with E-state index in [4.69, 9.17) is 0 Å². The summed E-state index contributed by atoms with van der Waals surface area (Å²) < 4.78 is 1.79. The van der Waals surface area contributed by atoms with Gasteiger partial charge in [0.1, 0.15) is 0 Å².